The highest BCUT2D eigenvalue weighted by molar-refractivity contribution is 6.33. The van der Waals surface area contributed by atoms with Crippen LogP contribution in [0.3, 0.4) is 0 Å². The van der Waals surface area contributed by atoms with Gasteiger partial charge < -0.3 is 4.74 Å². The van der Waals surface area contributed by atoms with E-state index in [1.54, 1.807) is 0 Å². The number of nitrogens with zero attached hydrogens (tertiary/aromatic N) is 2. The molecule has 1 aromatic carbocycles. The van der Waals surface area contributed by atoms with E-state index in [2.05, 4.69) is 48.8 Å². The number of allylic oxidation sites excluding steroid dienone is 3. The van der Waals surface area contributed by atoms with Gasteiger partial charge in [0.15, 0.2) is 11.7 Å². The molecule has 1 aromatic heterocycles. The van der Waals surface area contributed by atoms with E-state index in [1.807, 2.05) is 26.0 Å². The zero-order valence-electron chi connectivity index (χ0n) is 19.7. The van der Waals surface area contributed by atoms with Crippen LogP contribution in [0.5, 0.6) is 0 Å². The molecule has 1 heterocycles. The predicted molar refractivity (Wildman–Crippen MR) is 138 cm³/mol. The number of pyridine rings is 1. The highest BCUT2D eigenvalue weighted by atomic mass is 35.5. The van der Waals surface area contributed by atoms with Crippen LogP contribution in [0.2, 0.25) is 5.02 Å². The molecule has 170 valence electrons. The largest absolute Gasteiger partial charge is 0.478 e. The summed E-state index contributed by atoms with van der Waals surface area (Å²) >= 11 is 6.58. The molecule has 0 atom stereocenters. The number of hydrogen-bond donors (Lipinski definition) is 0. The zero-order chi connectivity index (χ0) is 22.9. The van der Waals surface area contributed by atoms with Gasteiger partial charge in [-0.05, 0) is 68.2 Å². The first kappa shape index (κ1) is 24.3. The maximum absolute atomic E-state index is 6.58. The SMILES string of the molecule is C=CC/C=C(\CCC)c1ccc(-c2nc(N=C(C)OC3CCCCC3)c(C)cc2Cl)cc1. The van der Waals surface area contributed by atoms with Crippen molar-refractivity contribution < 1.29 is 4.74 Å². The van der Waals surface area contributed by atoms with Crippen molar-refractivity contribution in [3.63, 3.8) is 0 Å². The zero-order valence-corrected chi connectivity index (χ0v) is 20.4. The molecule has 0 N–H and O–H groups in total. The first-order valence-corrected chi connectivity index (χ1v) is 12.2. The second-order valence-corrected chi connectivity index (χ2v) is 8.96. The highest BCUT2D eigenvalue weighted by Gasteiger charge is 2.16. The first-order chi connectivity index (χ1) is 15.5. The lowest BCUT2D eigenvalue weighted by atomic mass is 9.98. The van der Waals surface area contributed by atoms with Gasteiger partial charge in [0.2, 0.25) is 0 Å². The normalized spacial score (nSPS) is 15.6. The van der Waals surface area contributed by atoms with Crippen molar-refractivity contribution in [2.45, 2.75) is 78.2 Å². The van der Waals surface area contributed by atoms with Gasteiger partial charge in [0.25, 0.3) is 0 Å². The molecule has 1 saturated carbocycles. The first-order valence-electron chi connectivity index (χ1n) is 11.8. The molecule has 0 radical (unpaired) electrons. The van der Waals surface area contributed by atoms with Crippen molar-refractivity contribution in [1.82, 2.24) is 4.98 Å². The molecule has 4 heteroatoms. The van der Waals surface area contributed by atoms with Gasteiger partial charge in [0, 0.05) is 12.5 Å². The summed E-state index contributed by atoms with van der Waals surface area (Å²) in [4.78, 5) is 9.50. The summed E-state index contributed by atoms with van der Waals surface area (Å²) in [5, 5.41) is 0.635. The Hall–Kier alpha value is -2.39. The second-order valence-electron chi connectivity index (χ2n) is 8.55. The van der Waals surface area contributed by atoms with E-state index in [0.29, 0.717) is 16.7 Å². The fourth-order valence-corrected chi connectivity index (χ4v) is 4.50. The van der Waals surface area contributed by atoms with Gasteiger partial charge in [-0.15, -0.1) is 6.58 Å². The third-order valence-corrected chi connectivity index (χ3v) is 6.16. The smallest absolute Gasteiger partial charge is 0.186 e. The van der Waals surface area contributed by atoms with Crippen LogP contribution in [-0.2, 0) is 4.74 Å². The molecule has 3 rings (SSSR count). The average Bonchev–Trinajstić information content (AvgIpc) is 2.79. The monoisotopic (exact) mass is 450 g/mol. The molecule has 0 saturated heterocycles. The van der Waals surface area contributed by atoms with Crippen LogP contribution in [0.4, 0.5) is 5.82 Å². The molecule has 3 nitrogen and oxygen atoms in total. The lowest BCUT2D eigenvalue weighted by Crippen LogP contribution is -2.19. The molecular weight excluding hydrogens is 416 g/mol. The summed E-state index contributed by atoms with van der Waals surface area (Å²) < 4.78 is 6.09. The van der Waals surface area contributed by atoms with Gasteiger partial charge in [-0.1, -0.05) is 67.8 Å². The Kier molecular flexibility index (Phi) is 9.11. The molecule has 0 bridgehead atoms. The molecule has 0 amide bonds. The molecule has 1 aliphatic rings. The van der Waals surface area contributed by atoms with Crippen LogP contribution in [0.15, 0.2) is 54.1 Å². The fraction of sp³-hybridized carbons (Fsp3) is 0.429. The number of halogens is 1. The van der Waals surface area contributed by atoms with E-state index >= 15 is 0 Å². The summed E-state index contributed by atoms with van der Waals surface area (Å²) in [6.07, 6.45) is 13.5. The molecule has 2 aromatic rings. The van der Waals surface area contributed by atoms with Crippen molar-refractivity contribution in [1.29, 1.82) is 0 Å². The number of ether oxygens (including phenoxy) is 1. The minimum Gasteiger partial charge on any atom is -0.478 e. The third-order valence-electron chi connectivity index (χ3n) is 5.87. The number of benzene rings is 1. The van der Waals surface area contributed by atoms with Crippen molar-refractivity contribution in [3.05, 3.63) is 65.2 Å². The van der Waals surface area contributed by atoms with Crippen LogP contribution in [0, 0.1) is 6.92 Å². The van der Waals surface area contributed by atoms with Crippen molar-refractivity contribution in [2.24, 2.45) is 4.99 Å². The topological polar surface area (TPSA) is 34.5 Å². The Bertz CT molecular complexity index is 970. The number of rotatable bonds is 8. The molecule has 0 aliphatic heterocycles. The van der Waals surface area contributed by atoms with E-state index in [-0.39, 0.29) is 6.10 Å². The Morgan fingerprint density at radius 1 is 1.22 bits per heavy atom. The summed E-state index contributed by atoms with van der Waals surface area (Å²) in [6.45, 7) is 9.94. The molecule has 1 fully saturated rings. The average molecular weight is 451 g/mol. The van der Waals surface area contributed by atoms with Crippen LogP contribution in [-0.4, -0.2) is 17.0 Å². The molecule has 32 heavy (non-hydrogen) atoms. The summed E-state index contributed by atoms with van der Waals surface area (Å²) in [5.74, 6) is 1.34. The molecule has 0 spiro atoms. The lowest BCUT2D eigenvalue weighted by Gasteiger charge is -2.22. The molecule has 1 aliphatic carbocycles. The van der Waals surface area contributed by atoms with E-state index in [9.17, 15) is 0 Å². The van der Waals surface area contributed by atoms with Crippen LogP contribution in [0.25, 0.3) is 16.8 Å². The number of aromatic nitrogens is 1. The van der Waals surface area contributed by atoms with Gasteiger partial charge in [-0.2, -0.15) is 4.99 Å². The van der Waals surface area contributed by atoms with Crippen LogP contribution < -0.4 is 0 Å². The predicted octanol–water partition coefficient (Wildman–Crippen LogP) is 8.87. The fourth-order valence-electron chi connectivity index (χ4n) is 4.19. The van der Waals surface area contributed by atoms with Gasteiger partial charge in [0.05, 0.1) is 10.7 Å². The minimum absolute atomic E-state index is 0.276. The number of aliphatic imine (C=N–C) groups is 1. The number of aryl methyl sites for hydroxylation is 1. The Morgan fingerprint density at radius 2 is 1.94 bits per heavy atom. The van der Waals surface area contributed by atoms with Gasteiger partial charge in [-0.25, -0.2) is 4.98 Å². The van der Waals surface area contributed by atoms with Gasteiger partial charge >= 0.3 is 0 Å². The third kappa shape index (κ3) is 6.56. The summed E-state index contributed by atoms with van der Waals surface area (Å²) in [7, 11) is 0. The molecule has 0 unspecified atom stereocenters. The van der Waals surface area contributed by atoms with Crippen LogP contribution in [0.1, 0.15) is 76.3 Å². The summed E-state index contributed by atoms with van der Waals surface area (Å²) in [5.41, 5.74) is 5.26. The van der Waals surface area contributed by atoms with Crippen molar-refractivity contribution in [3.8, 4) is 11.3 Å². The van der Waals surface area contributed by atoms with E-state index in [1.165, 1.54) is 30.4 Å². The number of hydrogen-bond acceptors (Lipinski definition) is 3. The van der Waals surface area contributed by atoms with E-state index in [4.69, 9.17) is 21.3 Å². The Morgan fingerprint density at radius 3 is 2.59 bits per heavy atom. The maximum Gasteiger partial charge on any atom is 0.186 e. The quantitative estimate of drug-likeness (QED) is 0.228. The minimum atomic E-state index is 0.276. The van der Waals surface area contributed by atoms with E-state index in [0.717, 1.165) is 48.9 Å². The van der Waals surface area contributed by atoms with Crippen molar-refractivity contribution in [2.75, 3.05) is 0 Å². The Balaban J connectivity index is 1.84. The molecular formula is C28H35ClN2O. The second kappa shape index (κ2) is 12.0. The van der Waals surface area contributed by atoms with Gasteiger partial charge in [-0.3, -0.25) is 0 Å². The van der Waals surface area contributed by atoms with Gasteiger partial charge in [0.1, 0.15) is 6.10 Å². The van der Waals surface area contributed by atoms with E-state index < -0.39 is 0 Å². The van der Waals surface area contributed by atoms with Crippen molar-refractivity contribution >= 4 is 28.9 Å². The lowest BCUT2D eigenvalue weighted by molar-refractivity contribution is 0.141. The maximum atomic E-state index is 6.58. The standard InChI is InChI=1S/C28H35ClN2O/c1-5-7-12-22(11-6-2)23-15-17-24(18-16-23)27-26(29)19-20(3)28(31-27)30-21(4)32-25-13-9-8-10-14-25/h5,12,15-19,25H,1,6-11,13-14H2,2-4H3/b22-12+,30-21?. The van der Waals surface area contributed by atoms with Crippen LogP contribution >= 0.6 is 11.6 Å². The summed E-state index contributed by atoms with van der Waals surface area (Å²) in [6, 6.07) is 10.4. The highest BCUT2D eigenvalue weighted by Crippen LogP contribution is 2.32. The Labute approximate surface area is 198 Å².